The fraction of sp³-hybridized carbons (Fsp3) is 0.214. The summed E-state index contributed by atoms with van der Waals surface area (Å²) in [6.07, 6.45) is 1.94. The standard InChI is InChI=1S/C14H13ClO3/c1-14(13(15)17,9-12-3-2-8-18-12)10-4-6-11(16)7-5-10/h2-8,16H,9H2,1H3. The van der Waals surface area contributed by atoms with Crippen molar-refractivity contribution in [1.29, 1.82) is 0 Å². The van der Waals surface area contributed by atoms with Gasteiger partial charge in [0.25, 0.3) is 0 Å². The third-order valence-electron chi connectivity index (χ3n) is 3.05. The van der Waals surface area contributed by atoms with Crippen LogP contribution in [0.4, 0.5) is 0 Å². The Morgan fingerprint density at radius 3 is 2.50 bits per heavy atom. The van der Waals surface area contributed by atoms with Crippen molar-refractivity contribution in [3.8, 4) is 5.75 Å². The molecule has 0 aliphatic heterocycles. The molecule has 1 unspecified atom stereocenters. The number of benzene rings is 1. The van der Waals surface area contributed by atoms with Crippen molar-refractivity contribution in [1.82, 2.24) is 0 Å². The van der Waals surface area contributed by atoms with Crippen LogP contribution in [-0.4, -0.2) is 10.3 Å². The average molecular weight is 265 g/mol. The third kappa shape index (κ3) is 2.41. The highest BCUT2D eigenvalue weighted by Gasteiger charge is 2.35. The second-order valence-corrected chi connectivity index (χ2v) is 4.75. The van der Waals surface area contributed by atoms with E-state index in [9.17, 15) is 9.90 Å². The minimum Gasteiger partial charge on any atom is -0.508 e. The van der Waals surface area contributed by atoms with Gasteiger partial charge in [0.05, 0.1) is 11.7 Å². The summed E-state index contributed by atoms with van der Waals surface area (Å²) in [7, 11) is 0. The van der Waals surface area contributed by atoms with Gasteiger partial charge in [-0.2, -0.15) is 0 Å². The second kappa shape index (κ2) is 4.86. The van der Waals surface area contributed by atoms with Gasteiger partial charge >= 0.3 is 0 Å². The van der Waals surface area contributed by atoms with Crippen molar-refractivity contribution in [2.75, 3.05) is 0 Å². The minimum atomic E-state index is -0.868. The molecule has 0 saturated heterocycles. The zero-order valence-electron chi connectivity index (χ0n) is 9.89. The summed E-state index contributed by atoms with van der Waals surface area (Å²) in [5, 5.41) is 8.83. The molecule has 3 nitrogen and oxygen atoms in total. The monoisotopic (exact) mass is 264 g/mol. The molecule has 0 bridgehead atoms. The molecule has 0 aliphatic carbocycles. The fourth-order valence-corrected chi connectivity index (χ4v) is 2.05. The number of aromatic hydroxyl groups is 1. The van der Waals surface area contributed by atoms with Crippen LogP contribution in [0, 0.1) is 0 Å². The molecule has 1 N–H and O–H groups in total. The first-order valence-corrected chi connectivity index (χ1v) is 5.92. The quantitative estimate of drug-likeness (QED) is 0.863. The third-order valence-corrected chi connectivity index (χ3v) is 3.46. The zero-order chi connectivity index (χ0) is 13.2. The van der Waals surface area contributed by atoms with Gasteiger partial charge in [-0.15, -0.1) is 0 Å². The number of furan rings is 1. The molecule has 1 heterocycles. The summed E-state index contributed by atoms with van der Waals surface area (Å²) in [6.45, 7) is 1.76. The molecule has 0 saturated carbocycles. The van der Waals surface area contributed by atoms with Crippen molar-refractivity contribution in [2.45, 2.75) is 18.8 Å². The van der Waals surface area contributed by atoms with E-state index in [1.54, 1.807) is 37.5 Å². The number of phenolic OH excluding ortho intramolecular Hbond substituents is 1. The van der Waals surface area contributed by atoms with E-state index in [2.05, 4.69) is 0 Å². The Bertz CT molecular complexity index is 531. The Hall–Kier alpha value is -1.74. The lowest BCUT2D eigenvalue weighted by molar-refractivity contribution is -0.116. The summed E-state index contributed by atoms with van der Waals surface area (Å²) in [5.74, 6) is 0.848. The summed E-state index contributed by atoms with van der Waals surface area (Å²) in [6, 6.07) is 10.0. The van der Waals surface area contributed by atoms with Crippen LogP contribution in [0.5, 0.6) is 5.75 Å². The predicted octanol–water partition coefficient (Wildman–Crippen LogP) is 3.25. The number of rotatable bonds is 4. The molecular formula is C14H13ClO3. The second-order valence-electron chi connectivity index (χ2n) is 4.41. The maximum absolute atomic E-state index is 11.7. The largest absolute Gasteiger partial charge is 0.508 e. The summed E-state index contributed by atoms with van der Waals surface area (Å²) < 4.78 is 5.26. The van der Waals surface area contributed by atoms with Gasteiger partial charge in [-0.25, -0.2) is 0 Å². The average Bonchev–Trinajstić information content (AvgIpc) is 2.82. The van der Waals surface area contributed by atoms with Gasteiger partial charge < -0.3 is 9.52 Å². The van der Waals surface area contributed by atoms with Gasteiger partial charge in [0, 0.05) is 6.42 Å². The van der Waals surface area contributed by atoms with Crippen LogP contribution in [0.15, 0.2) is 47.1 Å². The lowest BCUT2D eigenvalue weighted by atomic mass is 9.80. The van der Waals surface area contributed by atoms with E-state index >= 15 is 0 Å². The lowest BCUT2D eigenvalue weighted by Crippen LogP contribution is -2.31. The van der Waals surface area contributed by atoms with Crippen LogP contribution < -0.4 is 0 Å². The molecule has 0 spiro atoms. The molecule has 0 amide bonds. The van der Waals surface area contributed by atoms with Gasteiger partial charge in [-0.05, 0) is 48.4 Å². The topological polar surface area (TPSA) is 50.4 Å². The highest BCUT2D eigenvalue weighted by molar-refractivity contribution is 6.65. The van der Waals surface area contributed by atoms with Gasteiger partial charge in [0.15, 0.2) is 0 Å². The maximum atomic E-state index is 11.7. The number of hydrogen-bond donors (Lipinski definition) is 1. The molecule has 18 heavy (non-hydrogen) atoms. The van der Waals surface area contributed by atoms with E-state index in [0.29, 0.717) is 12.2 Å². The van der Waals surface area contributed by atoms with Crippen LogP contribution in [0.25, 0.3) is 0 Å². The van der Waals surface area contributed by atoms with Crippen LogP contribution in [-0.2, 0) is 16.6 Å². The molecule has 2 aromatic rings. The SMILES string of the molecule is CC(Cc1ccco1)(C(=O)Cl)c1ccc(O)cc1. The fourth-order valence-electron chi connectivity index (χ4n) is 1.88. The Labute approximate surface area is 110 Å². The van der Waals surface area contributed by atoms with Crippen molar-refractivity contribution < 1.29 is 14.3 Å². The maximum Gasteiger partial charge on any atom is 0.232 e. The molecule has 0 radical (unpaired) electrons. The predicted molar refractivity (Wildman–Crippen MR) is 68.7 cm³/mol. The van der Waals surface area contributed by atoms with Crippen molar-refractivity contribution in [3.05, 3.63) is 54.0 Å². The number of hydrogen-bond acceptors (Lipinski definition) is 3. The van der Waals surface area contributed by atoms with E-state index in [4.69, 9.17) is 16.0 Å². The van der Waals surface area contributed by atoms with Gasteiger partial charge in [0.1, 0.15) is 11.5 Å². The number of phenols is 1. The molecule has 1 atom stereocenters. The summed E-state index contributed by atoms with van der Waals surface area (Å²) in [4.78, 5) is 11.7. The van der Waals surface area contributed by atoms with Crippen molar-refractivity contribution in [2.24, 2.45) is 0 Å². The van der Waals surface area contributed by atoms with Crippen LogP contribution in [0.3, 0.4) is 0 Å². The first-order valence-electron chi connectivity index (χ1n) is 5.54. The highest BCUT2D eigenvalue weighted by Crippen LogP contribution is 2.32. The molecule has 2 rings (SSSR count). The van der Waals surface area contributed by atoms with Crippen LogP contribution in [0.2, 0.25) is 0 Å². The first-order chi connectivity index (χ1) is 8.52. The van der Waals surface area contributed by atoms with Crippen molar-refractivity contribution >= 4 is 16.8 Å². The molecule has 94 valence electrons. The summed E-state index contributed by atoms with van der Waals surface area (Å²) in [5.41, 5.74) is -0.121. The molecular weight excluding hydrogens is 252 g/mol. The minimum absolute atomic E-state index is 0.154. The smallest absolute Gasteiger partial charge is 0.232 e. The summed E-state index contributed by atoms with van der Waals surface area (Å²) >= 11 is 5.73. The van der Waals surface area contributed by atoms with Gasteiger partial charge in [-0.1, -0.05) is 12.1 Å². The molecule has 1 aromatic heterocycles. The zero-order valence-corrected chi connectivity index (χ0v) is 10.6. The van der Waals surface area contributed by atoms with E-state index in [1.165, 1.54) is 12.1 Å². The first kappa shape index (κ1) is 12.7. The van der Waals surface area contributed by atoms with E-state index in [1.807, 2.05) is 0 Å². The molecule has 0 fully saturated rings. The Kier molecular flexibility index (Phi) is 3.43. The van der Waals surface area contributed by atoms with Crippen LogP contribution in [0.1, 0.15) is 18.2 Å². The Morgan fingerprint density at radius 2 is 2.00 bits per heavy atom. The van der Waals surface area contributed by atoms with E-state index < -0.39 is 10.7 Å². The van der Waals surface area contributed by atoms with Crippen molar-refractivity contribution in [3.63, 3.8) is 0 Å². The molecule has 0 aliphatic rings. The highest BCUT2D eigenvalue weighted by atomic mass is 35.5. The van der Waals surface area contributed by atoms with Gasteiger partial charge in [-0.3, -0.25) is 4.79 Å². The van der Waals surface area contributed by atoms with Crippen LogP contribution >= 0.6 is 11.6 Å². The Balaban J connectivity index is 2.37. The van der Waals surface area contributed by atoms with E-state index in [0.717, 1.165) is 5.56 Å². The molecule has 4 heteroatoms. The number of carbonyl (C=O) groups is 1. The molecule has 1 aromatic carbocycles. The lowest BCUT2D eigenvalue weighted by Gasteiger charge is -2.24. The van der Waals surface area contributed by atoms with E-state index in [-0.39, 0.29) is 5.75 Å². The van der Waals surface area contributed by atoms with Gasteiger partial charge in [0.2, 0.25) is 5.24 Å². The normalized spacial score (nSPS) is 14.1. The number of halogens is 1. The Morgan fingerprint density at radius 1 is 1.33 bits per heavy atom. The number of carbonyl (C=O) groups excluding carboxylic acids is 1.